The number of benzene rings is 2. The largest absolute Gasteiger partial charge is 0.438 e. The molecular formula is C25H20F2N4O. The molecule has 7 heteroatoms. The summed E-state index contributed by atoms with van der Waals surface area (Å²) in [6.45, 7) is 0.218. The van der Waals surface area contributed by atoms with Crippen LogP contribution in [0.1, 0.15) is 12.8 Å². The zero-order valence-electron chi connectivity index (χ0n) is 17.2. The van der Waals surface area contributed by atoms with Crippen molar-refractivity contribution in [1.29, 1.82) is 0 Å². The van der Waals surface area contributed by atoms with Crippen LogP contribution in [0.15, 0.2) is 77.6 Å². The van der Waals surface area contributed by atoms with E-state index in [2.05, 4.69) is 9.97 Å². The third-order valence-electron chi connectivity index (χ3n) is 5.29. The molecule has 0 aliphatic heterocycles. The topological polar surface area (TPSA) is 56.7 Å². The Kier molecular flexibility index (Phi) is 5.46. The molecule has 5 aromatic rings. The average Bonchev–Trinajstić information content (AvgIpc) is 3.45. The van der Waals surface area contributed by atoms with E-state index in [0.717, 1.165) is 22.1 Å². The van der Waals surface area contributed by atoms with Crippen LogP contribution in [0, 0.1) is 5.82 Å². The predicted molar refractivity (Wildman–Crippen MR) is 119 cm³/mol. The van der Waals surface area contributed by atoms with Crippen molar-refractivity contribution < 1.29 is 13.2 Å². The average molecular weight is 430 g/mol. The van der Waals surface area contributed by atoms with Gasteiger partial charge in [-0.2, -0.15) is 5.10 Å². The Balaban J connectivity index is 1.64. The Hall–Kier alpha value is -3.87. The van der Waals surface area contributed by atoms with Gasteiger partial charge in [0.05, 0.1) is 17.8 Å². The summed E-state index contributed by atoms with van der Waals surface area (Å²) in [7, 11) is 0. The fourth-order valence-corrected chi connectivity index (χ4v) is 3.71. The molecule has 5 rings (SSSR count). The number of halogens is 2. The summed E-state index contributed by atoms with van der Waals surface area (Å²) in [6, 6.07) is 17.9. The van der Waals surface area contributed by atoms with Crippen molar-refractivity contribution in [3.05, 3.63) is 79.0 Å². The molecule has 3 aromatic heterocycles. The van der Waals surface area contributed by atoms with Gasteiger partial charge in [0.1, 0.15) is 23.6 Å². The highest BCUT2D eigenvalue weighted by atomic mass is 19.1. The van der Waals surface area contributed by atoms with Crippen LogP contribution in [0.3, 0.4) is 0 Å². The van der Waals surface area contributed by atoms with E-state index >= 15 is 0 Å². The van der Waals surface area contributed by atoms with Gasteiger partial charge in [0, 0.05) is 29.4 Å². The lowest BCUT2D eigenvalue weighted by atomic mass is 10.0. The number of rotatable bonds is 7. The number of unbranched alkanes of at least 4 members (excludes halogenated alkanes) is 1. The number of hydrogen-bond donors (Lipinski definition) is 0. The number of hydrogen-bond acceptors (Lipinski definition) is 4. The molecule has 3 heterocycles. The van der Waals surface area contributed by atoms with Gasteiger partial charge in [0.15, 0.2) is 0 Å². The molecule has 0 spiro atoms. The second kappa shape index (κ2) is 8.70. The maximum atomic E-state index is 13.5. The number of aryl methyl sites for hydroxylation is 1. The van der Waals surface area contributed by atoms with E-state index in [0.29, 0.717) is 42.2 Å². The Morgan fingerprint density at radius 3 is 2.47 bits per heavy atom. The van der Waals surface area contributed by atoms with Gasteiger partial charge in [-0.05, 0) is 43.2 Å². The molecule has 0 N–H and O–H groups in total. The van der Waals surface area contributed by atoms with E-state index in [1.807, 2.05) is 42.6 Å². The Labute approximate surface area is 183 Å². The molecule has 0 aliphatic carbocycles. The van der Waals surface area contributed by atoms with Crippen molar-refractivity contribution in [2.24, 2.45) is 0 Å². The smallest absolute Gasteiger partial charge is 0.230 e. The summed E-state index contributed by atoms with van der Waals surface area (Å²) in [5, 5.41) is 5.47. The minimum Gasteiger partial charge on any atom is -0.438 e. The van der Waals surface area contributed by atoms with Gasteiger partial charge < -0.3 is 4.42 Å². The third kappa shape index (κ3) is 3.89. The molecule has 0 bridgehead atoms. The van der Waals surface area contributed by atoms with Crippen molar-refractivity contribution in [2.75, 3.05) is 6.67 Å². The van der Waals surface area contributed by atoms with Crippen LogP contribution in [0.4, 0.5) is 8.78 Å². The van der Waals surface area contributed by atoms with Gasteiger partial charge in [-0.1, -0.05) is 30.3 Å². The summed E-state index contributed by atoms with van der Waals surface area (Å²) in [4.78, 5) is 8.84. The van der Waals surface area contributed by atoms with E-state index in [4.69, 9.17) is 9.52 Å². The Morgan fingerprint density at radius 1 is 0.875 bits per heavy atom. The number of alkyl halides is 1. The monoisotopic (exact) mass is 430 g/mol. The second-order valence-electron chi connectivity index (χ2n) is 7.48. The van der Waals surface area contributed by atoms with Crippen LogP contribution >= 0.6 is 0 Å². The molecule has 5 nitrogen and oxygen atoms in total. The molecular weight excluding hydrogens is 410 g/mol. The fraction of sp³-hybridized carbons (Fsp3) is 0.160. The first-order valence-electron chi connectivity index (χ1n) is 10.4. The van der Waals surface area contributed by atoms with Gasteiger partial charge >= 0.3 is 0 Å². The van der Waals surface area contributed by atoms with Gasteiger partial charge in [-0.25, -0.2) is 14.4 Å². The van der Waals surface area contributed by atoms with Gasteiger partial charge in [0.2, 0.25) is 5.71 Å². The normalized spacial score (nSPS) is 11.3. The first kappa shape index (κ1) is 20.1. The maximum Gasteiger partial charge on any atom is 0.230 e. The zero-order valence-corrected chi connectivity index (χ0v) is 17.2. The van der Waals surface area contributed by atoms with Crippen molar-refractivity contribution in [3.63, 3.8) is 0 Å². The van der Waals surface area contributed by atoms with Crippen LogP contribution in [0.2, 0.25) is 0 Å². The highest BCUT2D eigenvalue weighted by Crippen LogP contribution is 2.36. The number of nitrogens with zero attached hydrogens (tertiary/aromatic N) is 4. The first-order chi connectivity index (χ1) is 15.7. The molecule has 0 aliphatic rings. The molecule has 160 valence electrons. The van der Waals surface area contributed by atoms with E-state index in [1.54, 1.807) is 16.8 Å². The van der Waals surface area contributed by atoms with E-state index in [1.165, 1.54) is 18.5 Å². The summed E-state index contributed by atoms with van der Waals surface area (Å²) < 4.78 is 33.9. The number of aromatic nitrogens is 4. The van der Waals surface area contributed by atoms with Gasteiger partial charge in [-0.3, -0.25) is 9.07 Å². The van der Waals surface area contributed by atoms with Crippen LogP contribution in [0.25, 0.3) is 44.9 Å². The van der Waals surface area contributed by atoms with Gasteiger partial charge in [0.25, 0.3) is 0 Å². The Morgan fingerprint density at radius 2 is 1.69 bits per heavy atom. The number of furan rings is 1. The zero-order chi connectivity index (χ0) is 21.9. The molecule has 0 amide bonds. The quantitative estimate of drug-likeness (QED) is 0.284. The van der Waals surface area contributed by atoms with Crippen LogP contribution < -0.4 is 0 Å². The van der Waals surface area contributed by atoms with Crippen LogP contribution in [-0.2, 0) is 6.54 Å². The number of fused-ring (bicyclic) bond motifs is 1. The van der Waals surface area contributed by atoms with E-state index < -0.39 is 0 Å². The molecule has 0 unspecified atom stereocenters. The maximum absolute atomic E-state index is 13.5. The lowest BCUT2D eigenvalue weighted by Crippen LogP contribution is -1.99. The lowest BCUT2D eigenvalue weighted by molar-refractivity contribution is 0.440. The molecule has 0 radical (unpaired) electrons. The third-order valence-corrected chi connectivity index (χ3v) is 5.29. The molecule has 2 aromatic carbocycles. The lowest BCUT2D eigenvalue weighted by Gasteiger charge is -2.03. The van der Waals surface area contributed by atoms with Crippen molar-refractivity contribution in [3.8, 4) is 33.8 Å². The SMILES string of the molecule is FCCCCn1cc(-c2ncnc3oc(-c4ccccc4)cc23)c(-c2ccc(F)cc2)n1. The minimum absolute atomic E-state index is 0.315. The molecule has 0 saturated heterocycles. The molecule has 32 heavy (non-hydrogen) atoms. The molecule has 0 atom stereocenters. The highest BCUT2D eigenvalue weighted by molar-refractivity contribution is 5.95. The van der Waals surface area contributed by atoms with Gasteiger partial charge in [-0.15, -0.1) is 0 Å². The van der Waals surface area contributed by atoms with Crippen LogP contribution in [-0.4, -0.2) is 26.4 Å². The molecule has 0 saturated carbocycles. The minimum atomic E-state index is -0.358. The van der Waals surface area contributed by atoms with Crippen molar-refractivity contribution in [1.82, 2.24) is 19.7 Å². The summed E-state index contributed by atoms with van der Waals surface area (Å²) in [6.07, 6.45) is 4.50. The Bertz CT molecular complexity index is 1340. The van der Waals surface area contributed by atoms with E-state index in [9.17, 15) is 8.78 Å². The predicted octanol–water partition coefficient (Wildman–Crippen LogP) is 6.31. The standard InChI is InChI=1S/C25H20F2N4O/c26-12-4-5-13-31-15-21(23(30-31)18-8-10-19(27)11-9-18)24-20-14-22(17-6-2-1-3-7-17)32-25(20)29-16-28-24/h1-3,6-11,14-16H,4-5,12-13H2. The second-order valence-corrected chi connectivity index (χ2v) is 7.48. The summed E-state index contributed by atoms with van der Waals surface area (Å²) >= 11 is 0. The summed E-state index contributed by atoms with van der Waals surface area (Å²) in [5.74, 6) is 0.380. The summed E-state index contributed by atoms with van der Waals surface area (Å²) in [5.41, 5.74) is 4.32. The molecule has 0 fully saturated rings. The van der Waals surface area contributed by atoms with E-state index in [-0.39, 0.29) is 12.5 Å². The first-order valence-corrected chi connectivity index (χ1v) is 10.4. The van der Waals surface area contributed by atoms with Crippen molar-refractivity contribution >= 4 is 11.1 Å². The van der Waals surface area contributed by atoms with Crippen LogP contribution in [0.5, 0.6) is 0 Å². The highest BCUT2D eigenvalue weighted by Gasteiger charge is 2.19. The fourth-order valence-electron chi connectivity index (χ4n) is 3.71. The van der Waals surface area contributed by atoms with Crippen molar-refractivity contribution in [2.45, 2.75) is 19.4 Å².